The van der Waals surface area contributed by atoms with Crippen LogP contribution in [0.15, 0.2) is 48.1 Å². The summed E-state index contributed by atoms with van der Waals surface area (Å²) in [5, 5.41) is 4.33. The first-order valence-electron chi connectivity index (χ1n) is 6.30. The van der Waals surface area contributed by atoms with Crippen LogP contribution in [0.2, 0.25) is 0 Å². The van der Waals surface area contributed by atoms with Gasteiger partial charge >= 0.3 is 0 Å². The highest BCUT2D eigenvalue weighted by molar-refractivity contribution is 7.20. The quantitative estimate of drug-likeness (QED) is 0.714. The molecule has 2 aromatic heterocycles. The Morgan fingerprint density at radius 1 is 1.05 bits per heavy atom. The van der Waals surface area contributed by atoms with Gasteiger partial charge in [-0.1, -0.05) is 30.3 Å². The number of hydrogen-bond acceptors (Lipinski definition) is 4. The van der Waals surface area contributed by atoms with E-state index in [9.17, 15) is 0 Å². The van der Waals surface area contributed by atoms with Gasteiger partial charge in [0.2, 0.25) is 0 Å². The van der Waals surface area contributed by atoms with Gasteiger partial charge in [0.15, 0.2) is 0 Å². The van der Waals surface area contributed by atoms with Gasteiger partial charge in [0, 0.05) is 23.2 Å². The Kier molecular flexibility index (Phi) is 2.53. The first kappa shape index (κ1) is 11.3. The van der Waals surface area contributed by atoms with Gasteiger partial charge in [0.25, 0.3) is 0 Å². The first-order valence-corrected chi connectivity index (χ1v) is 8.00. The third-order valence-electron chi connectivity index (χ3n) is 3.63. The molecule has 2 heterocycles. The van der Waals surface area contributed by atoms with E-state index >= 15 is 0 Å². The maximum atomic E-state index is 4.67. The third-order valence-corrected chi connectivity index (χ3v) is 5.78. The van der Waals surface area contributed by atoms with E-state index in [0.29, 0.717) is 0 Å². The highest BCUT2D eigenvalue weighted by Crippen LogP contribution is 2.55. The van der Waals surface area contributed by atoms with E-state index in [0.717, 1.165) is 5.01 Å². The van der Waals surface area contributed by atoms with Crippen LogP contribution in [-0.2, 0) is 5.41 Å². The lowest BCUT2D eigenvalue weighted by atomic mass is 9.97. The van der Waals surface area contributed by atoms with E-state index < -0.39 is 0 Å². The topological polar surface area (TPSA) is 25.8 Å². The molecule has 0 atom stereocenters. The van der Waals surface area contributed by atoms with E-state index in [2.05, 4.69) is 40.3 Å². The van der Waals surface area contributed by atoms with Crippen LogP contribution in [-0.4, -0.2) is 9.97 Å². The minimum atomic E-state index is 0.182. The second-order valence-electron chi connectivity index (χ2n) is 4.82. The predicted molar refractivity (Wildman–Crippen MR) is 79.7 cm³/mol. The summed E-state index contributed by atoms with van der Waals surface area (Å²) in [5.41, 5.74) is 1.58. The molecule has 94 valence electrons. The standard InChI is InChI=1S/C15H12N2S2/c1-2-4-11(5-3-1)15(6-7-15)14-17-10-12(19-14)13-16-8-9-18-13/h1-5,8-10H,6-7H2. The van der Waals surface area contributed by atoms with E-state index in [1.165, 1.54) is 28.3 Å². The maximum Gasteiger partial charge on any atom is 0.134 e. The van der Waals surface area contributed by atoms with Crippen LogP contribution in [0, 0.1) is 0 Å². The summed E-state index contributed by atoms with van der Waals surface area (Å²) in [5.74, 6) is 0. The van der Waals surface area contributed by atoms with Crippen LogP contribution in [0.4, 0.5) is 0 Å². The number of thiazole rings is 2. The van der Waals surface area contributed by atoms with E-state index in [-0.39, 0.29) is 5.41 Å². The summed E-state index contributed by atoms with van der Waals surface area (Å²) >= 11 is 3.47. The van der Waals surface area contributed by atoms with Gasteiger partial charge in [-0.2, -0.15) is 0 Å². The van der Waals surface area contributed by atoms with Gasteiger partial charge in [-0.3, -0.25) is 0 Å². The first-order chi connectivity index (χ1) is 9.38. The van der Waals surface area contributed by atoms with Crippen LogP contribution in [0.3, 0.4) is 0 Å². The van der Waals surface area contributed by atoms with Crippen LogP contribution in [0.1, 0.15) is 23.4 Å². The highest BCUT2D eigenvalue weighted by atomic mass is 32.1. The molecule has 0 saturated heterocycles. The normalized spacial score (nSPS) is 16.4. The average Bonchev–Trinajstić information content (AvgIpc) is 2.92. The van der Waals surface area contributed by atoms with Crippen LogP contribution >= 0.6 is 22.7 Å². The highest BCUT2D eigenvalue weighted by Gasteiger charge is 2.48. The molecule has 3 aromatic rings. The zero-order valence-corrected chi connectivity index (χ0v) is 11.9. The number of hydrogen-bond donors (Lipinski definition) is 0. The third kappa shape index (κ3) is 1.83. The number of rotatable bonds is 3. The lowest BCUT2D eigenvalue weighted by molar-refractivity contribution is 0.833. The fraction of sp³-hybridized carbons (Fsp3) is 0.200. The molecule has 0 N–H and O–H groups in total. The molecular weight excluding hydrogens is 272 g/mol. The lowest BCUT2D eigenvalue weighted by Crippen LogP contribution is -2.07. The molecule has 2 nitrogen and oxygen atoms in total. The van der Waals surface area contributed by atoms with Crippen molar-refractivity contribution < 1.29 is 0 Å². The van der Waals surface area contributed by atoms with Crippen LogP contribution in [0.5, 0.6) is 0 Å². The largest absolute Gasteiger partial charge is 0.248 e. The smallest absolute Gasteiger partial charge is 0.134 e. The van der Waals surface area contributed by atoms with Crippen molar-refractivity contribution in [2.75, 3.05) is 0 Å². The van der Waals surface area contributed by atoms with Gasteiger partial charge < -0.3 is 0 Å². The number of benzene rings is 1. The molecule has 4 rings (SSSR count). The fourth-order valence-corrected chi connectivity index (χ4v) is 4.33. The predicted octanol–water partition coefficient (Wildman–Crippen LogP) is 4.35. The van der Waals surface area contributed by atoms with Crippen molar-refractivity contribution in [3.8, 4) is 9.88 Å². The Labute approximate surface area is 119 Å². The number of aromatic nitrogens is 2. The molecule has 1 fully saturated rings. The summed E-state index contributed by atoms with van der Waals surface area (Å²) in [6.45, 7) is 0. The summed E-state index contributed by atoms with van der Waals surface area (Å²) in [4.78, 5) is 10.2. The summed E-state index contributed by atoms with van der Waals surface area (Å²) in [6.07, 6.45) is 6.25. The molecule has 0 unspecified atom stereocenters. The summed E-state index contributed by atoms with van der Waals surface area (Å²) < 4.78 is 0. The summed E-state index contributed by atoms with van der Waals surface area (Å²) in [7, 11) is 0. The van der Waals surface area contributed by atoms with Crippen molar-refractivity contribution >= 4 is 22.7 Å². The molecule has 0 amide bonds. The van der Waals surface area contributed by atoms with Crippen LogP contribution < -0.4 is 0 Å². The Morgan fingerprint density at radius 3 is 2.58 bits per heavy atom. The molecule has 1 aliphatic carbocycles. The number of nitrogens with zero attached hydrogens (tertiary/aromatic N) is 2. The van der Waals surface area contributed by atoms with Crippen molar-refractivity contribution in [3.05, 3.63) is 58.7 Å². The molecule has 0 aliphatic heterocycles. The maximum absolute atomic E-state index is 4.67. The van der Waals surface area contributed by atoms with Gasteiger partial charge in [0.05, 0.1) is 4.88 Å². The Hall–Kier alpha value is -1.52. The van der Waals surface area contributed by atoms with Gasteiger partial charge in [-0.25, -0.2) is 9.97 Å². The minimum Gasteiger partial charge on any atom is -0.248 e. The van der Waals surface area contributed by atoms with Crippen molar-refractivity contribution in [3.63, 3.8) is 0 Å². The molecule has 19 heavy (non-hydrogen) atoms. The van der Waals surface area contributed by atoms with Crippen molar-refractivity contribution in [1.29, 1.82) is 0 Å². The SMILES string of the molecule is c1ccc(C2(c3ncc(-c4nccs4)s3)CC2)cc1. The molecule has 4 heteroatoms. The monoisotopic (exact) mass is 284 g/mol. The van der Waals surface area contributed by atoms with E-state index in [1.54, 1.807) is 22.7 Å². The molecular formula is C15H12N2S2. The van der Waals surface area contributed by atoms with Crippen molar-refractivity contribution in [2.45, 2.75) is 18.3 Å². The molecule has 1 saturated carbocycles. The van der Waals surface area contributed by atoms with E-state index in [4.69, 9.17) is 0 Å². The molecule has 0 bridgehead atoms. The van der Waals surface area contributed by atoms with Crippen LogP contribution in [0.25, 0.3) is 9.88 Å². The summed E-state index contributed by atoms with van der Waals surface area (Å²) in [6, 6.07) is 10.7. The van der Waals surface area contributed by atoms with Gasteiger partial charge in [-0.05, 0) is 18.4 Å². The molecule has 1 aliphatic rings. The Balaban J connectivity index is 1.74. The van der Waals surface area contributed by atoms with Crippen molar-refractivity contribution in [1.82, 2.24) is 9.97 Å². The fourth-order valence-electron chi connectivity index (χ4n) is 2.45. The van der Waals surface area contributed by atoms with E-state index in [1.807, 2.05) is 17.8 Å². The average molecular weight is 284 g/mol. The lowest BCUT2D eigenvalue weighted by Gasteiger charge is -2.11. The zero-order valence-electron chi connectivity index (χ0n) is 10.2. The van der Waals surface area contributed by atoms with Gasteiger partial charge in [-0.15, -0.1) is 22.7 Å². The second-order valence-corrected chi connectivity index (χ2v) is 6.74. The second kappa shape index (κ2) is 4.25. The Morgan fingerprint density at radius 2 is 1.89 bits per heavy atom. The van der Waals surface area contributed by atoms with Gasteiger partial charge in [0.1, 0.15) is 10.0 Å². The molecule has 0 spiro atoms. The zero-order chi connectivity index (χ0) is 12.7. The molecule has 1 aromatic carbocycles. The Bertz CT molecular complexity index is 682. The molecule has 0 radical (unpaired) electrons. The minimum absolute atomic E-state index is 0.182. The van der Waals surface area contributed by atoms with Crippen molar-refractivity contribution in [2.24, 2.45) is 0 Å².